The predicted molar refractivity (Wildman–Crippen MR) is 65.1 cm³/mol. The zero-order chi connectivity index (χ0) is 12.5. The van der Waals surface area contributed by atoms with Gasteiger partial charge in [0.25, 0.3) is 0 Å². The molecule has 0 bridgehead atoms. The van der Waals surface area contributed by atoms with Gasteiger partial charge in [-0.3, -0.25) is 0 Å². The summed E-state index contributed by atoms with van der Waals surface area (Å²) in [5, 5.41) is -0.209. The minimum Gasteiger partial charge on any atom is -0.363 e. The molecular formula is C10H16N4O2S. The second-order valence-electron chi connectivity index (χ2n) is 4.29. The lowest BCUT2D eigenvalue weighted by Gasteiger charge is -2.11. The summed E-state index contributed by atoms with van der Waals surface area (Å²) in [5.74, 6) is 1.25. The van der Waals surface area contributed by atoms with Crippen molar-refractivity contribution >= 4 is 15.8 Å². The molecule has 0 unspecified atom stereocenters. The molecule has 1 aromatic rings. The number of anilines is 1. The van der Waals surface area contributed by atoms with Crippen molar-refractivity contribution in [2.24, 2.45) is 0 Å². The van der Waals surface area contributed by atoms with Gasteiger partial charge in [0.05, 0.1) is 11.8 Å². The highest BCUT2D eigenvalue weighted by Crippen LogP contribution is 2.27. The number of aromatic nitrogens is 2. The summed E-state index contributed by atoms with van der Waals surface area (Å²) in [6.07, 6.45) is 3.14. The van der Waals surface area contributed by atoms with Gasteiger partial charge < -0.3 is 4.90 Å². The monoisotopic (exact) mass is 256 g/mol. The first kappa shape index (κ1) is 12.3. The number of hydrogen-bond donors (Lipinski definition) is 1. The van der Waals surface area contributed by atoms with E-state index in [1.807, 2.05) is 19.0 Å². The smallest absolute Gasteiger partial charge is 0.214 e. The van der Waals surface area contributed by atoms with E-state index in [1.165, 1.54) is 0 Å². The molecular weight excluding hydrogens is 240 g/mol. The first-order chi connectivity index (χ1) is 7.99. The van der Waals surface area contributed by atoms with Gasteiger partial charge in [-0.25, -0.2) is 23.1 Å². The van der Waals surface area contributed by atoms with E-state index in [9.17, 15) is 8.42 Å². The van der Waals surface area contributed by atoms with Crippen LogP contribution in [-0.2, 0) is 16.6 Å². The topological polar surface area (TPSA) is 75.2 Å². The molecule has 2 rings (SSSR count). The Morgan fingerprint density at radius 3 is 2.76 bits per heavy atom. The molecule has 17 heavy (non-hydrogen) atoms. The Balaban J connectivity index is 2.01. The van der Waals surface area contributed by atoms with E-state index in [4.69, 9.17) is 0 Å². The van der Waals surface area contributed by atoms with E-state index in [-0.39, 0.29) is 11.8 Å². The molecule has 1 N–H and O–H groups in total. The lowest BCUT2D eigenvalue weighted by atomic mass is 10.5. The zero-order valence-electron chi connectivity index (χ0n) is 9.92. The molecule has 1 heterocycles. The van der Waals surface area contributed by atoms with Crippen LogP contribution in [-0.4, -0.2) is 37.7 Å². The molecule has 1 aliphatic rings. The third-order valence-corrected chi connectivity index (χ3v) is 4.44. The van der Waals surface area contributed by atoms with Crippen LogP contribution < -0.4 is 9.62 Å². The normalized spacial score (nSPS) is 15.9. The molecule has 1 aliphatic carbocycles. The summed E-state index contributed by atoms with van der Waals surface area (Å²) in [7, 11) is 0.589. The summed E-state index contributed by atoms with van der Waals surface area (Å²) in [6.45, 7) is 0.153. The van der Waals surface area contributed by atoms with Crippen LogP contribution >= 0.6 is 0 Å². The minimum absolute atomic E-state index is 0.153. The lowest BCUT2D eigenvalue weighted by Crippen LogP contribution is -2.27. The van der Waals surface area contributed by atoms with Crippen LogP contribution in [0.1, 0.15) is 18.7 Å². The maximum absolute atomic E-state index is 11.6. The number of hydrogen-bond acceptors (Lipinski definition) is 5. The van der Waals surface area contributed by atoms with Crippen LogP contribution in [0, 0.1) is 0 Å². The summed E-state index contributed by atoms with van der Waals surface area (Å²) < 4.78 is 25.7. The average molecular weight is 256 g/mol. The molecule has 94 valence electrons. The molecule has 0 spiro atoms. The highest BCUT2D eigenvalue weighted by molar-refractivity contribution is 7.90. The van der Waals surface area contributed by atoms with Crippen molar-refractivity contribution in [1.82, 2.24) is 14.7 Å². The Morgan fingerprint density at radius 1 is 1.47 bits per heavy atom. The van der Waals surface area contributed by atoms with E-state index in [0.29, 0.717) is 5.82 Å². The van der Waals surface area contributed by atoms with Crippen molar-refractivity contribution in [3.63, 3.8) is 0 Å². The fraction of sp³-hybridized carbons (Fsp3) is 0.600. The molecule has 1 aromatic heterocycles. The number of sulfonamides is 1. The van der Waals surface area contributed by atoms with Gasteiger partial charge in [0, 0.05) is 20.3 Å². The summed E-state index contributed by atoms with van der Waals surface area (Å²) in [6, 6.07) is 1.78. The van der Waals surface area contributed by atoms with E-state index in [0.717, 1.165) is 18.7 Å². The first-order valence-corrected chi connectivity index (χ1v) is 7.01. The largest absolute Gasteiger partial charge is 0.363 e. The number of nitrogens with one attached hydrogen (secondary N) is 1. The Labute approximate surface area is 101 Å². The van der Waals surface area contributed by atoms with Gasteiger partial charge in [-0.1, -0.05) is 0 Å². The second kappa shape index (κ2) is 4.58. The standard InChI is InChI=1S/C10H16N4O2S/c1-14(2)10-5-6-11-9(13-10)7-12-17(15,16)8-3-4-8/h5-6,8,12H,3-4,7H2,1-2H3. The predicted octanol–water partition coefficient (Wildman–Crippen LogP) is 0.124. The molecule has 0 aliphatic heterocycles. The first-order valence-electron chi connectivity index (χ1n) is 5.47. The zero-order valence-corrected chi connectivity index (χ0v) is 10.7. The Hall–Kier alpha value is -1.21. The van der Waals surface area contributed by atoms with Crippen molar-refractivity contribution in [2.75, 3.05) is 19.0 Å². The molecule has 6 nitrogen and oxygen atoms in total. The van der Waals surface area contributed by atoms with Gasteiger partial charge in [-0.15, -0.1) is 0 Å². The fourth-order valence-corrected chi connectivity index (χ4v) is 2.71. The fourth-order valence-electron chi connectivity index (χ4n) is 1.38. The molecule has 0 saturated heterocycles. The summed E-state index contributed by atoms with van der Waals surface area (Å²) in [5.41, 5.74) is 0. The molecule has 1 saturated carbocycles. The van der Waals surface area contributed by atoms with E-state index < -0.39 is 10.0 Å². The third kappa shape index (κ3) is 3.13. The van der Waals surface area contributed by atoms with Gasteiger partial charge in [0.15, 0.2) is 0 Å². The van der Waals surface area contributed by atoms with E-state index >= 15 is 0 Å². The minimum atomic E-state index is -3.16. The van der Waals surface area contributed by atoms with Gasteiger partial charge in [0.2, 0.25) is 10.0 Å². The van der Waals surface area contributed by atoms with Crippen LogP contribution in [0.4, 0.5) is 5.82 Å². The van der Waals surface area contributed by atoms with Crippen LogP contribution in [0.2, 0.25) is 0 Å². The molecule has 0 atom stereocenters. The SMILES string of the molecule is CN(C)c1ccnc(CNS(=O)(=O)C2CC2)n1. The Bertz CT molecular complexity index is 497. The highest BCUT2D eigenvalue weighted by atomic mass is 32.2. The van der Waals surface area contributed by atoms with Gasteiger partial charge in [-0.2, -0.15) is 0 Å². The second-order valence-corrected chi connectivity index (χ2v) is 6.34. The maximum Gasteiger partial charge on any atom is 0.214 e. The number of rotatable bonds is 5. The number of nitrogens with zero attached hydrogens (tertiary/aromatic N) is 3. The summed E-state index contributed by atoms with van der Waals surface area (Å²) in [4.78, 5) is 10.1. The average Bonchev–Trinajstić information content (AvgIpc) is 3.11. The molecule has 7 heteroatoms. The Kier molecular flexibility index (Phi) is 3.30. The van der Waals surface area contributed by atoms with E-state index in [2.05, 4.69) is 14.7 Å². The maximum atomic E-state index is 11.6. The van der Waals surface area contributed by atoms with Crippen LogP contribution in [0.3, 0.4) is 0 Å². The van der Waals surface area contributed by atoms with Crippen LogP contribution in [0.15, 0.2) is 12.3 Å². The molecule has 0 aromatic carbocycles. The van der Waals surface area contributed by atoms with Crippen molar-refractivity contribution in [3.05, 3.63) is 18.1 Å². The van der Waals surface area contributed by atoms with Gasteiger partial charge in [0.1, 0.15) is 11.6 Å². The van der Waals surface area contributed by atoms with Crippen molar-refractivity contribution < 1.29 is 8.42 Å². The molecule has 1 fully saturated rings. The van der Waals surface area contributed by atoms with Gasteiger partial charge >= 0.3 is 0 Å². The molecule has 0 radical (unpaired) electrons. The van der Waals surface area contributed by atoms with Crippen LogP contribution in [0.5, 0.6) is 0 Å². The van der Waals surface area contributed by atoms with Crippen molar-refractivity contribution in [1.29, 1.82) is 0 Å². The van der Waals surface area contributed by atoms with Crippen LogP contribution in [0.25, 0.3) is 0 Å². The lowest BCUT2D eigenvalue weighted by molar-refractivity contribution is 0.578. The van der Waals surface area contributed by atoms with Crippen molar-refractivity contribution in [2.45, 2.75) is 24.6 Å². The summed E-state index contributed by atoms with van der Waals surface area (Å²) >= 11 is 0. The molecule has 0 amide bonds. The highest BCUT2D eigenvalue weighted by Gasteiger charge is 2.35. The van der Waals surface area contributed by atoms with Crippen molar-refractivity contribution in [3.8, 4) is 0 Å². The Morgan fingerprint density at radius 2 is 2.18 bits per heavy atom. The van der Waals surface area contributed by atoms with Gasteiger partial charge in [-0.05, 0) is 18.9 Å². The quantitative estimate of drug-likeness (QED) is 0.810. The third-order valence-electron chi connectivity index (χ3n) is 2.54. The van der Waals surface area contributed by atoms with E-state index in [1.54, 1.807) is 12.3 Å².